The van der Waals surface area contributed by atoms with Crippen LogP contribution in [0.3, 0.4) is 0 Å². The van der Waals surface area contributed by atoms with E-state index in [9.17, 15) is 13.2 Å². The summed E-state index contributed by atoms with van der Waals surface area (Å²) >= 11 is 0. The summed E-state index contributed by atoms with van der Waals surface area (Å²) in [7, 11) is -2.98. The molecule has 0 aliphatic carbocycles. The van der Waals surface area contributed by atoms with Crippen molar-refractivity contribution < 1.29 is 13.2 Å². The van der Waals surface area contributed by atoms with E-state index in [-0.39, 0.29) is 23.5 Å². The Hall–Kier alpha value is -1.36. The second kappa shape index (κ2) is 6.18. The Labute approximate surface area is 127 Å². The molecule has 4 nitrogen and oxygen atoms in total. The van der Waals surface area contributed by atoms with Gasteiger partial charge in [0, 0.05) is 18.2 Å². The first kappa shape index (κ1) is 16.0. The molecule has 0 saturated carbocycles. The molecule has 1 fully saturated rings. The normalized spacial score (nSPS) is 20.4. The van der Waals surface area contributed by atoms with E-state index in [4.69, 9.17) is 0 Å². The van der Waals surface area contributed by atoms with E-state index in [2.05, 4.69) is 0 Å². The Kier molecular flexibility index (Phi) is 4.71. The highest BCUT2D eigenvalue weighted by Crippen LogP contribution is 2.21. The Morgan fingerprint density at radius 2 is 1.86 bits per heavy atom. The molecule has 1 unspecified atom stereocenters. The number of hydrogen-bond acceptors (Lipinski definition) is 3. The van der Waals surface area contributed by atoms with Crippen LogP contribution < -0.4 is 0 Å². The summed E-state index contributed by atoms with van der Waals surface area (Å²) in [5, 5.41) is 0. The summed E-state index contributed by atoms with van der Waals surface area (Å²) in [5.74, 6) is 0.243. The smallest absolute Gasteiger partial charge is 0.254 e. The van der Waals surface area contributed by atoms with Crippen molar-refractivity contribution in [3.8, 4) is 0 Å². The molecule has 1 amide bonds. The monoisotopic (exact) mass is 309 g/mol. The number of nitrogens with zero attached hydrogens (tertiary/aromatic N) is 1. The third kappa shape index (κ3) is 3.84. The van der Waals surface area contributed by atoms with Crippen LogP contribution in [0.2, 0.25) is 0 Å². The molecule has 1 atom stereocenters. The minimum atomic E-state index is -2.98. The van der Waals surface area contributed by atoms with Crippen molar-refractivity contribution in [2.45, 2.75) is 39.7 Å². The summed E-state index contributed by atoms with van der Waals surface area (Å²) in [4.78, 5) is 14.5. The molecule has 0 bridgehead atoms. The SMILES string of the molecule is CCCN(C(=O)c1cc(C)cc(C)c1)C1CCS(=O)(=O)C1. The predicted molar refractivity (Wildman–Crippen MR) is 84.3 cm³/mol. The largest absolute Gasteiger partial charge is 0.335 e. The van der Waals surface area contributed by atoms with Crippen LogP contribution in [0.4, 0.5) is 0 Å². The molecule has 21 heavy (non-hydrogen) atoms. The first-order chi connectivity index (χ1) is 9.82. The van der Waals surface area contributed by atoms with Gasteiger partial charge in [0.1, 0.15) is 0 Å². The van der Waals surface area contributed by atoms with E-state index in [0.717, 1.165) is 17.5 Å². The van der Waals surface area contributed by atoms with Crippen molar-refractivity contribution in [2.75, 3.05) is 18.1 Å². The fourth-order valence-electron chi connectivity index (χ4n) is 2.98. The van der Waals surface area contributed by atoms with Gasteiger partial charge in [-0.3, -0.25) is 4.79 Å². The highest BCUT2D eigenvalue weighted by atomic mass is 32.2. The zero-order valence-electron chi connectivity index (χ0n) is 12.9. The molecule has 1 heterocycles. The minimum Gasteiger partial charge on any atom is -0.335 e. The Morgan fingerprint density at radius 1 is 1.24 bits per heavy atom. The second-order valence-electron chi connectivity index (χ2n) is 5.93. The maximum atomic E-state index is 12.8. The van der Waals surface area contributed by atoms with Gasteiger partial charge in [0.15, 0.2) is 9.84 Å². The molecule has 116 valence electrons. The molecule has 0 spiro atoms. The van der Waals surface area contributed by atoms with Gasteiger partial charge < -0.3 is 4.90 Å². The Bertz CT molecular complexity index is 617. The Balaban J connectivity index is 2.27. The maximum Gasteiger partial charge on any atom is 0.254 e. The van der Waals surface area contributed by atoms with Crippen LogP contribution in [0.15, 0.2) is 18.2 Å². The van der Waals surface area contributed by atoms with Gasteiger partial charge in [-0.2, -0.15) is 0 Å². The van der Waals surface area contributed by atoms with Gasteiger partial charge in [0.25, 0.3) is 5.91 Å². The molecule has 2 rings (SSSR count). The highest BCUT2D eigenvalue weighted by molar-refractivity contribution is 7.91. The fourth-order valence-corrected chi connectivity index (χ4v) is 4.71. The lowest BCUT2D eigenvalue weighted by Gasteiger charge is -2.28. The molecule has 0 aromatic heterocycles. The van der Waals surface area contributed by atoms with E-state index in [1.54, 1.807) is 4.90 Å². The average molecular weight is 309 g/mol. The zero-order chi connectivity index (χ0) is 15.6. The number of sulfone groups is 1. The van der Waals surface area contributed by atoms with Gasteiger partial charge in [-0.05, 0) is 38.8 Å². The molecule has 1 aliphatic heterocycles. The van der Waals surface area contributed by atoms with Crippen molar-refractivity contribution in [2.24, 2.45) is 0 Å². The average Bonchev–Trinajstić information content (AvgIpc) is 2.74. The fraction of sp³-hybridized carbons (Fsp3) is 0.562. The van der Waals surface area contributed by atoms with Gasteiger partial charge in [-0.25, -0.2) is 8.42 Å². The van der Waals surface area contributed by atoms with Gasteiger partial charge in [0.2, 0.25) is 0 Å². The number of carbonyl (C=O) groups excluding carboxylic acids is 1. The molecule has 1 saturated heterocycles. The van der Waals surface area contributed by atoms with E-state index in [0.29, 0.717) is 18.5 Å². The lowest BCUT2D eigenvalue weighted by atomic mass is 10.1. The molecular formula is C16H23NO3S. The van der Waals surface area contributed by atoms with Crippen molar-refractivity contribution in [3.63, 3.8) is 0 Å². The molecule has 0 radical (unpaired) electrons. The highest BCUT2D eigenvalue weighted by Gasteiger charge is 2.34. The number of amides is 1. The van der Waals surface area contributed by atoms with Crippen molar-refractivity contribution in [3.05, 3.63) is 34.9 Å². The number of benzene rings is 1. The summed E-state index contributed by atoms with van der Waals surface area (Å²) in [5.41, 5.74) is 2.76. The van der Waals surface area contributed by atoms with Crippen LogP contribution in [0.5, 0.6) is 0 Å². The molecule has 1 aromatic carbocycles. The van der Waals surface area contributed by atoms with Gasteiger partial charge in [0.05, 0.1) is 11.5 Å². The van der Waals surface area contributed by atoms with Crippen molar-refractivity contribution >= 4 is 15.7 Å². The third-order valence-corrected chi connectivity index (χ3v) is 5.59. The maximum absolute atomic E-state index is 12.8. The molecule has 1 aromatic rings. The third-order valence-electron chi connectivity index (χ3n) is 3.84. The van der Waals surface area contributed by atoms with Crippen molar-refractivity contribution in [1.82, 2.24) is 4.90 Å². The van der Waals surface area contributed by atoms with Gasteiger partial charge in [-0.15, -0.1) is 0 Å². The predicted octanol–water partition coefficient (Wildman–Crippen LogP) is 2.34. The first-order valence-corrected chi connectivity index (χ1v) is 9.24. The Morgan fingerprint density at radius 3 is 2.33 bits per heavy atom. The summed E-state index contributed by atoms with van der Waals surface area (Å²) < 4.78 is 23.4. The van der Waals surface area contributed by atoms with Gasteiger partial charge in [-0.1, -0.05) is 24.1 Å². The van der Waals surface area contributed by atoms with E-state index >= 15 is 0 Å². The lowest BCUT2D eigenvalue weighted by molar-refractivity contribution is 0.0697. The molecule has 0 N–H and O–H groups in total. The topological polar surface area (TPSA) is 54.5 Å². The standard InChI is InChI=1S/C16H23NO3S/c1-4-6-17(15-5-7-21(19,20)11-15)16(18)14-9-12(2)8-13(3)10-14/h8-10,15H,4-7,11H2,1-3H3. The van der Waals surface area contributed by atoms with E-state index < -0.39 is 9.84 Å². The lowest BCUT2D eigenvalue weighted by Crippen LogP contribution is -2.41. The van der Waals surface area contributed by atoms with E-state index in [1.165, 1.54) is 0 Å². The van der Waals surface area contributed by atoms with Crippen LogP contribution in [-0.4, -0.2) is 43.3 Å². The summed E-state index contributed by atoms with van der Waals surface area (Å²) in [6.45, 7) is 6.54. The summed E-state index contributed by atoms with van der Waals surface area (Å²) in [6, 6.07) is 5.60. The van der Waals surface area contributed by atoms with Crippen LogP contribution in [-0.2, 0) is 9.84 Å². The summed E-state index contributed by atoms with van der Waals surface area (Å²) in [6.07, 6.45) is 1.38. The van der Waals surface area contributed by atoms with Crippen LogP contribution in [0.1, 0.15) is 41.3 Å². The van der Waals surface area contributed by atoms with Crippen LogP contribution in [0, 0.1) is 13.8 Å². The number of aryl methyl sites for hydroxylation is 2. The molecule has 1 aliphatic rings. The number of rotatable bonds is 4. The first-order valence-electron chi connectivity index (χ1n) is 7.42. The molecular weight excluding hydrogens is 286 g/mol. The number of hydrogen-bond donors (Lipinski definition) is 0. The second-order valence-corrected chi connectivity index (χ2v) is 8.16. The van der Waals surface area contributed by atoms with Crippen molar-refractivity contribution in [1.29, 1.82) is 0 Å². The van der Waals surface area contributed by atoms with Gasteiger partial charge >= 0.3 is 0 Å². The van der Waals surface area contributed by atoms with Crippen LogP contribution >= 0.6 is 0 Å². The quantitative estimate of drug-likeness (QED) is 0.858. The zero-order valence-corrected chi connectivity index (χ0v) is 13.7. The molecule has 5 heteroatoms. The van der Waals surface area contributed by atoms with Crippen LogP contribution in [0.25, 0.3) is 0 Å². The minimum absolute atomic E-state index is 0.0502. The number of carbonyl (C=O) groups is 1. The van der Waals surface area contributed by atoms with E-state index in [1.807, 2.05) is 39.0 Å².